The van der Waals surface area contributed by atoms with Crippen molar-refractivity contribution in [2.45, 2.75) is 25.8 Å². The average Bonchev–Trinajstić information content (AvgIpc) is 2.68. The van der Waals surface area contributed by atoms with E-state index in [1.165, 1.54) is 12.7 Å². The van der Waals surface area contributed by atoms with Crippen molar-refractivity contribution < 1.29 is 14.3 Å². The third-order valence-corrected chi connectivity index (χ3v) is 3.89. The van der Waals surface area contributed by atoms with Crippen LogP contribution in [0.15, 0.2) is 18.2 Å². The fourth-order valence-electron chi connectivity index (χ4n) is 2.65. The lowest BCUT2D eigenvalue weighted by Gasteiger charge is -2.23. The van der Waals surface area contributed by atoms with Crippen molar-refractivity contribution in [3.8, 4) is 0 Å². The van der Waals surface area contributed by atoms with Gasteiger partial charge in [0.2, 0.25) is 5.91 Å². The third-order valence-electron chi connectivity index (χ3n) is 3.89. The minimum atomic E-state index is -0.607. The summed E-state index contributed by atoms with van der Waals surface area (Å²) in [6, 6.07) is 5.19. The fraction of sp³-hybridized carbons (Fsp3) is 0.500. The number of hydrogen-bond acceptors (Lipinski definition) is 4. The van der Waals surface area contributed by atoms with E-state index < -0.39 is 6.04 Å². The molecule has 1 unspecified atom stereocenters. The molecule has 21 heavy (non-hydrogen) atoms. The minimum absolute atomic E-state index is 0.0668. The first kappa shape index (κ1) is 15.7. The van der Waals surface area contributed by atoms with Crippen LogP contribution in [-0.2, 0) is 22.4 Å². The first-order valence-corrected chi connectivity index (χ1v) is 7.19. The number of amides is 1. The highest BCUT2D eigenvalue weighted by atomic mass is 16.5. The van der Waals surface area contributed by atoms with Gasteiger partial charge in [-0.05, 0) is 37.0 Å². The van der Waals surface area contributed by atoms with Crippen molar-refractivity contribution in [3.63, 3.8) is 0 Å². The number of Topliss-reactive ketones (excluding diaryl/α,β-unsaturated/α-hetero) is 1. The Morgan fingerprint density at radius 3 is 2.57 bits per heavy atom. The van der Waals surface area contributed by atoms with E-state index in [2.05, 4.69) is 0 Å². The molecular formula is C16H22N2O3. The van der Waals surface area contributed by atoms with Gasteiger partial charge in [0.05, 0.1) is 6.61 Å². The van der Waals surface area contributed by atoms with E-state index in [4.69, 9.17) is 10.5 Å². The number of carbonyl (C=O) groups is 2. The van der Waals surface area contributed by atoms with Gasteiger partial charge in [-0.1, -0.05) is 12.1 Å². The van der Waals surface area contributed by atoms with Crippen LogP contribution in [0.25, 0.3) is 0 Å². The Morgan fingerprint density at radius 1 is 1.29 bits per heavy atom. The fourth-order valence-corrected chi connectivity index (χ4v) is 2.65. The first-order chi connectivity index (χ1) is 10.0. The van der Waals surface area contributed by atoms with Crippen LogP contribution < -0.4 is 5.73 Å². The number of nitrogens with zero attached hydrogens (tertiary/aromatic N) is 1. The smallest absolute Gasteiger partial charge is 0.241 e. The Labute approximate surface area is 125 Å². The highest BCUT2D eigenvalue weighted by molar-refractivity contribution is 5.94. The van der Waals surface area contributed by atoms with Crippen LogP contribution in [0.2, 0.25) is 0 Å². The van der Waals surface area contributed by atoms with Gasteiger partial charge < -0.3 is 15.4 Å². The molecule has 2 N–H and O–H groups in total. The van der Waals surface area contributed by atoms with Crippen molar-refractivity contribution >= 4 is 11.7 Å². The monoisotopic (exact) mass is 290 g/mol. The number of rotatable bonds is 4. The molecule has 0 aromatic heterocycles. The van der Waals surface area contributed by atoms with Crippen LogP contribution in [0, 0.1) is 0 Å². The molecule has 0 saturated heterocycles. The largest absolute Gasteiger partial charge is 0.383 e. The van der Waals surface area contributed by atoms with E-state index >= 15 is 0 Å². The Hall–Kier alpha value is -1.72. The maximum absolute atomic E-state index is 12.2. The van der Waals surface area contributed by atoms with Crippen molar-refractivity contribution in [1.82, 2.24) is 4.90 Å². The molecule has 114 valence electrons. The van der Waals surface area contributed by atoms with Gasteiger partial charge in [-0.15, -0.1) is 0 Å². The molecule has 1 aliphatic rings. The van der Waals surface area contributed by atoms with Crippen LogP contribution in [0.1, 0.15) is 28.4 Å². The lowest BCUT2D eigenvalue weighted by atomic mass is 9.99. The summed E-state index contributed by atoms with van der Waals surface area (Å²) in [6.45, 7) is 3.09. The van der Waals surface area contributed by atoms with Gasteiger partial charge in [0.25, 0.3) is 0 Å². The van der Waals surface area contributed by atoms with Crippen LogP contribution in [0.4, 0.5) is 0 Å². The zero-order valence-electron chi connectivity index (χ0n) is 12.6. The van der Waals surface area contributed by atoms with Crippen LogP contribution in [0.3, 0.4) is 0 Å². The predicted octanol–water partition coefficient (Wildman–Crippen LogP) is 0.790. The molecule has 2 rings (SSSR count). The van der Waals surface area contributed by atoms with Gasteiger partial charge in [0, 0.05) is 25.8 Å². The highest BCUT2D eigenvalue weighted by Gasteiger charge is 2.23. The van der Waals surface area contributed by atoms with E-state index in [0.29, 0.717) is 13.1 Å². The zero-order chi connectivity index (χ0) is 15.4. The topological polar surface area (TPSA) is 72.6 Å². The molecule has 0 spiro atoms. The van der Waals surface area contributed by atoms with E-state index in [9.17, 15) is 9.59 Å². The first-order valence-electron chi connectivity index (χ1n) is 7.19. The predicted molar refractivity (Wildman–Crippen MR) is 80.3 cm³/mol. The van der Waals surface area contributed by atoms with Gasteiger partial charge in [-0.2, -0.15) is 0 Å². The second-order valence-electron chi connectivity index (χ2n) is 5.43. The van der Waals surface area contributed by atoms with Gasteiger partial charge in [-0.3, -0.25) is 9.59 Å². The Bertz CT molecular complexity index is 542. The molecule has 1 aromatic carbocycles. The number of ketones is 1. The Balaban J connectivity index is 2.09. The maximum atomic E-state index is 12.2. The second-order valence-corrected chi connectivity index (χ2v) is 5.43. The summed E-state index contributed by atoms with van der Waals surface area (Å²) in [5, 5.41) is 0. The molecule has 0 bridgehead atoms. The maximum Gasteiger partial charge on any atom is 0.241 e. The second kappa shape index (κ2) is 6.83. The average molecular weight is 290 g/mol. The number of carbonyl (C=O) groups excluding carboxylic acids is 2. The molecule has 1 amide bonds. The lowest BCUT2D eigenvalue weighted by Crippen LogP contribution is -2.47. The standard InChI is InChI=1S/C16H22N2O3/c1-11(19)13-4-3-12-5-7-18(8-6-14(12)9-13)16(20)15(17)10-21-2/h3-4,9,15H,5-8,10,17H2,1-2H3. The summed E-state index contributed by atoms with van der Waals surface area (Å²) in [6.07, 6.45) is 1.54. The van der Waals surface area contributed by atoms with Gasteiger partial charge in [0.1, 0.15) is 6.04 Å². The summed E-state index contributed by atoms with van der Waals surface area (Å²) < 4.78 is 4.94. The number of methoxy groups -OCH3 is 1. The van der Waals surface area contributed by atoms with Gasteiger partial charge in [0.15, 0.2) is 5.78 Å². The molecule has 1 heterocycles. The lowest BCUT2D eigenvalue weighted by molar-refractivity contribution is -0.133. The molecule has 5 nitrogen and oxygen atoms in total. The van der Waals surface area contributed by atoms with E-state index in [0.717, 1.165) is 24.0 Å². The summed E-state index contributed by atoms with van der Waals surface area (Å²) >= 11 is 0. The van der Waals surface area contributed by atoms with Crippen LogP contribution in [-0.4, -0.2) is 49.4 Å². The molecule has 1 aromatic rings. The quantitative estimate of drug-likeness (QED) is 0.832. The third kappa shape index (κ3) is 3.68. The molecule has 5 heteroatoms. The van der Waals surface area contributed by atoms with Crippen molar-refractivity contribution in [1.29, 1.82) is 0 Å². The molecular weight excluding hydrogens is 268 g/mol. The van der Waals surface area contributed by atoms with Crippen molar-refractivity contribution in [2.75, 3.05) is 26.8 Å². The molecule has 1 atom stereocenters. The number of hydrogen-bond donors (Lipinski definition) is 1. The van der Waals surface area contributed by atoms with Crippen molar-refractivity contribution in [2.24, 2.45) is 5.73 Å². The number of benzene rings is 1. The van der Waals surface area contributed by atoms with Gasteiger partial charge in [-0.25, -0.2) is 0 Å². The summed E-state index contributed by atoms with van der Waals surface area (Å²) in [7, 11) is 1.54. The number of fused-ring (bicyclic) bond motifs is 1. The van der Waals surface area contributed by atoms with E-state index in [-0.39, 0.29) is 18.3 Å². The van der Waals surface area contributed by atoms with E-state index in [1.807, 2.05) is 18.2 Å². The summed E-state index contributed by atoms with van der Waals surface area (Å²) in [5.41, 5.74) is 8.90. The Kier molecular flexibility index (Phi) is 5.09. The highest BCUT2D eigenvalue weighted by Crippen LogP contribution is 2.18. The molecule has 0 aliphatic carbocycles. The SMILES string of the molecule is COCC(N)C(=O)N1CCc2ccc(C(C)=O)cc2CC1. The number of nitrogens with two attached hydrogens (primary N) is 1. The minimum Gasteiger partial charge on any atom is -0.383 e. The van der Waals surface area contributed by atoms with E-state index in [1.54, 1.807) is 11.8 Å². The molecule has 0 radical (unpaired) electrons. The summed E-state index contributed by atoms with van der Waals surface area (Å²) in [5.74, 6) is -0.00598. The zero-order valence-corrected chi connectivity index (χ0v) is 12.6. The molecule has 0 fully saturated rings. The van der Waals surface area contributed by atoms with Crippen LogP contribution >= 0.6 is 0 Å². The molecule has 1 aliphatic heterocycles. The number of ether oxygens (including phenoxy) is 1. The summed E-state index contributed by atoms with van der Waals surface area (Å²) in [4.78, 5) is 25.5. The normalized spacial score (nSPS) is 16.0. The van der Waals surface area contributed by atoms with Crippen LogP contribution in [0.5, 0.6) is 0 Å². The Morgan fingerprint density at radius 2 is 1.95 bits per heavy atom. The van der Waals surface area contributed by atoms with Crippen molar-refractivity contribution in [3.05, 3.63) is 34.9 Å². The van der Waals surface area contributed by atoms with Gasteiger partial charge >= 0.3 is 0 Å². The molecule has 0 saturated carbocycles.